The van der Waals surface area contributed by atoms with Crippen molar-refractivity contribution in [1.29, 1.82) is 0 Å². The van der Waals surface area contributed by atoms with Crippen molar-refractivity contribution < 1.29 is 4.92 Å². The summed E-state index contributed by atoms with van der Waals surface area (Å²) in [5.41, 5.74) is 2.38. The van der Waals surface area contributed by atoms with Gasteiger partial charge in [0, 0.05) is 22.6 Å². The highest BCUT2D eigenvalue weighted by Crippen LogP contribution is 2.16. The number of nitrogens with zero attached hydrogens (tertiary/aromatic N) is 1. The molecule has 0 fully saturated rings. The number of benzene rings is 1. The third-order valence-corrected chi connectivity index (χ3v) is 2.87. The van der Waals surface area contributed by atoms with Gasteiger partial charge in [0.05, 0.1) is 0 Å². The second-order valence-corrected chi connectivity index (χ2v) is 4.25. The fourth-order valence-electron chi connectivity index (χ4n) is 2.00. The number of nitro groups is 1. The Balaban J connectivity index is 1.81. The van der Waals surface area contributed by atoms with E-state index < -0.39 is 0 Å². The van der Waals surface area contributed by atoms with Gasteiger partial charge in [-0.2, -0.15) is 0 Å². The molecule has 0 saturated carbocycles. The van der Waals surface area contributed by atoms with Crippen LogP contribution in [0.3, 0.4) is 0 Å². The second kappa shape index (κ2) is 5.48. The van der Waals surface area contributed by atoms with Crippen LogP contribution in [0.25, 0.3) is 10.9 Å². The number of hydrogen-bond acceptors (Lipinski definition) is 2. The van der Waals surface area contributed by atoms with E-state index >= 15 is 0 Å². The highest BCUT2D eigenvalue weighted by atomic mass is 16.6. The summed E-state index contributed by atoms with van der Waals surface area (Å²) in [5.74, 6) is 0. The molecule has 0 radical (unpaired) electrons. The van der Waals surface area contributed by atoms with Gasteiger partial charge in [-0.05, 0) is 36.8 Å². The predicted molar refractivity (Wildman–Crippen MR) is 67.7 cm³/mol. The molecular formula is C13H16N2O2. The lowest BCUT2D eigenvalue weighted by atomic mass is 10.1. The van der Waals surface area contributed by atoms with Gasteiger partial charge >= 0.3 is 0 Å². The minimum Gasteiger partial charge on any atom is -0.358 e. The molecule has 1 aromatic heterocycles. The highest BCUT2D eigenvalue weighted by molar-refractivity contribution is 5.80. The van der Waals surface area contributed by atoms with E-state index in [1.165, 1.54) is 11.1 Å². The van der Waals surface area contributed by atoms with Gasteiger partial charge in [-0.1, -0.05) is 18.2 Å². The van der Waals surface area contributed by atoms with Crippen molar-refractivity contribution in [3.05, 3.63) is 46.1 Å². The largest absolute Gasteiger partial charge is 0.358 e. The summed E-state index contributed by atoms with van der Waals surface area (Å²) in [6.07, 6.45) is 3.55. The van der Waals surface area contributed by atoms with Crippen LogP contribution in [0.15, 0.2) is 30.3 Å². The van der Waals surface area contributed by atoms with Crippen LogP contribution in [-0.2, 0) is 6.42 Å². The maximum Gasteiger partial charge on any atom is 0.203 e. The molecule has 2 aromatic rings. The molecule has 1 heterocycles. The number of unbranched alkanes of at least 4 members (excludes halogenated alkanes) is 2. The molecule has 1 N–H and O–H groups in total. The molecule has 0 bridgehead atoms. The van der Waals surface area contributed by atoms with Gasteiger partial charge < -0.3 is 4.98 Å². The molecule has 0 amide bonds. The Morgan fingerprint density at radius 1 is 1.18 bits per heavy atom. The standard InChI is InChI=1S/C13H16N2O2/c16-15(17)9-5-1-2-7-12-10-11-6-3-4-8-13(11)14-12/h3-4,6,8,10,14H,1-2,5,7,9H2. The zero-order valence-corrected chi connectivity index (χ0v) is 9.69. The molecule has 0 aliphatic carbocycles. The number of rotatable bonds is 6. The van der Waals surface area contributed by atoms with Crippen LogP contribution in [0, 0.1) is 10.1 Å². The number of nitrogens with one attached hydrogen (secondary N) is 1. The molecular weight excluding hydrogens is 216 g/mol. The van der Waals surface area contributed by atoms with E-state index in [-0.39, 0.29) is 11.5 Å². The first-order chi connectivity index (χ1) is 8.25. The zero-order valence-electron chi connectivity index (χ0n) is 9.69. The lowest BCUT2D eigenvalue weighted by molar-refractivity contribution is -0.480. The smallest absolute Gasteiger partial charge is 0.203 e. The molecule has 0 saturated heterocycles. The molecule has 1 aromatic carbocycles. The molecule has 0 unspecified atom stereocenters. The SMILES string of the molecule is O=[N+]([O-])CCCCCc1cc2ccccc2[nH]1. The van der Waals surface area contributed by atoms with E-state index in [1.807, 2.05) is 12.1 Å². The Morgan fingerprint density at radius 2 is 2.00 bits per heavy atom. The number of hydrogen-bond donors (Lipinski definition) is 1. The lowest BCUT2D eigenvalue weighted by Gasteiger charge is -1.96. The van der Waals surface area contributed by atoms with Crippen LogP contribution in [0.1, 0.15) is 25.0 Å². The van der Waals surface area contributed by atoms with Gasteiger partial charge in [0.1, 0.15) is 0 Å². The Labute approximate surface area is 99.8 Å². The van der Waals surface area contributed by atoms with E-state index in [9.17, 15) is 10.1 Å². The van der Waals surface area contributed by atoms with Gasteiger partial charge in [-0.25, -0.2) is 0 Å². The fraction of sp³-hybridized carbons (Fsp3) is 0.385. The van der Waals surface area contributed by atoms with Crippen molar-refractivity contribution >= 4 is 10.9 Å². The van der Waals surface area contributed by atoms with Crippen LogP contribution in [0.5, 0.6) is 0 Å². The van der Waals surface area contributed by atoms with Crippen molar-refractivity contribution in [2.24, 2.45) is 0 Å². The van der Waals surface area contributed by atoms with E-state index in [4.69, 9.17) is 0 Å². The third kappa shape index (κ3) is 3.31. The highest BCUT2D eigenvalue weighted by Gasteiger charge is 2.01. The molecule has 4 nitrogen and oxygen atoms in total. The fourth-order valence-corrected chi connectivity index (χ4v) is 2.00. The first kappa shape index (κ1) is 11.6. The summed E-state index contributed by atoms with van der Waals surface area (Å²) in [7, 11) is 0. The van der Waals surface area contributed by atoms with Crippen molar-refractivity contribution in [3.8, 4) is 0 Å². The van der Waals surface area contributed by atoms with E-state index in [1.54, 1.807) is 0 Å². The first-order valence-corrected chi connectivity index (χ1v) is 5.94. The van der Waals surface area contributed by atoms with Gasteiger partial charge in [-0.3, -0.25) is 10.1 Å². The van der Waals surface area contributed by atoms with E-state index in [0.717, 1.165) is 24.8 Å². The van der Waals surface area contributed by atoms with Crippen molar-refractivity contribution in [2.75, 3.05) is 6.54 Å². The maximum atomic E-state index is 10.1. The average molecular weight is 232 g/mol. The summed E-state index contributed by atoms with van der Waals surface area (Å²) < 4.78 is 0. The number of aromatic amines is 1. The van der Waals surface area contributed by atoms with Crippen molar-refractivity contribution in [3.63, 3.8) is 0 Å². The Kier molecular flexibility index (Phi) is 3.75. The van der Waals surface area contributed by atoms with Crippen LogP contribution >= 0.6 is 0 Å². The summed E-state index contributed by atoms with van der Waals surface area (Å²) in [5, 5.41) is 11.4. The monoisotopic (exact) mass is 232 g/mol. The molecule has 0 spiro atoms. The van der Waals surface area contributed by atoms with Gasteiger partial charge in [0.25, 0.3) is 0 Å². The Hall–Kier alpha value is -1.84. The zero-order chi connectivity index (χ0) is 12.1. The minimum atomic E-state index is -0.247. The number of aryl methyl sites for hydroxylation is 1. The Morgan fingerprint density at radius 3 is 2.76 bits per heavy atom. The molecule has 0 aliphatic heterocycles. The topological polar surface area (TPSA) is 58.9 Å². The van der Waals surface area contributed by atoms with Gasteiger partial charge in [0.2, 0.25) is 6.54 Å². The van der Waals surface area contributed by atoms with Crippen molar-refractivity contribution in [2.45, 2.75) is 25.7 Å². The van der Waals surface area contributed by atoms with Crippen LogP contribution in [0.4, 0.5) is 0 Å². The minimum absolute atomic E-state index is 0.0900. The quantitative estimate of drug-likeness (QED) is 0.472. The van der Waals surface area contributed by atoms with Crippen LogP contribution in [0.2, 0.25) is 0 Å². The van der Waals surface area contributed by atoms with Crippen LogP contribution < -0.4 is 0 Å². The lowest BCUT2D eigenvalue weighted by Crippen LogP contribution is -2.00. The summed E-state index contributed by atoms with van der Waals surface area (Å²) in [6, 6.07) is 10.3. The number of fused-ring (bicyclic) bond motifs is 1. The number of aromatic nitrogens is 1. The summed E-state index contributed by atoms with van der Waals surface area (Å²) in [4.78, 5) is 13.3. The van der Waals surface area contributed by atoms with Gasteiger partial charge in [-0.15, -0.1) is 0 Å². The van der Waals surface area contributed by atoms with E-state index in [2.05, 4.69) is 23.2 Å². The Bertz CT molecular complexity index is 472. The number of para-hydroxylation sites is 1. The van der Waals surface area contributed by atoms with Crippen molar-refractivity contribution in [1.82, 2.24) is 4.98 Å². The summed E-state index contributed by atoms with van der Waals surface area (Å²) >= 11 is 0. The summed E-state index contributed by atoms with van der Waals surface area (Å²) in [6.45, 7) is 0.0900. The second-order valence-electron chi connectivity index (χ2n) is 4.25. The molecule has 4 heteroatoms. The predicted octanol–water partition coefficient (Wildman–Crippen LogP) is 3.16. The van der Waals surface area contributed by atoms with Gasteiger partial charge in [0.15, 0.2) is 0 Å². The molecule has 0 atom stereocenters. The molecule has 17 heavy (non-hydrogen) atoms. The average Bonchev–Trinajstić information content (AvgIpc) is 2.70. The number of H-pyrrole nitrogens is 1. The third-order valence-electron chi connectivity index (χ3n) is 2.87. The molecule has 2 rings (SSSR count). The van der Waals surface area contributed by atoms with Crippen LogP contribution in [-0.4, -0.2) is 16.5 Å². The van der Waals surface area contributed by atoms with E-state index in [0.29, 0.717) is 6.42 Å². The maximum absolute atomic E-state index is 10.1. The molecule has 0 aliphatic rings. The normalized spacial score (nSPS) is 10.8. The first-order valence-electron chi connectivity index (χ1n) is 5.94. The molecule has 90 valence electrons.